The zero-order valence-electron chi connectivity index (χ0n) is 11.5. The number of ether oxygens (including phenoxy) is 1. The lowest BCUT2D eigenvalue weighted by atomic mass is 10.1. The molecule has 3 N–H and O–H groups in total. The van der Waals surface area contributed by atoms with Crippen molar-refractivity contribution in [1.29, 1.82) is 0 Å². The minimum atomic E-state index is -4.16. The van der Waals surface area contributed by atoms with Crippen molar-refractivity contribution in [3.63, 3.8) is 0 Å². The molecule has 0 fully saturated rings. The molecule has 1 rings (SSSR count). The number of halogens is 5. The molecule has 0 aliphatic heterocycles. The molecule has 0 amide bonds. The summed E-state index contributed by atoms with van der Waals surface area (Å²) in [4.78, 5) is 0. The summed E-state index contributed by atoms with van der Waals surface area (Å²) in [5.74, 6) is 1.16. The quantitative estimate of drug-likeness (QED) is 0.412. The molecule has 0 radical (unpaired) electrons. The van der Waals surface area contributed by atoms with Crippen LogP contribution in [0.25, 0.3) is 0 Å². The van der Waals surface area contributed by atoms with Crippen LogP contribution in [0.4, 0.5) is 17.6 Å². The minimum Gasteiger partial charge on any atom is -0.373 e. The Morgan fingerprint density at radius 1 is 1.48 bits per heavy atom. The van der Waals surface area contributed by atoms with E-state index in [0.29, 0.717) is 6.42 Å². The Kier molecular flexibility index (Phi) is 6.57. The van der Waals surface area contributed by atoms with Gasteiger partial charge in [-0.25, -0.2) is 8.78 Å². The van der Waals surface area contributed by atoms with Crippen LogP contribution in [0.2, 0.25) is 0 Å². The summed E-state index contributed by atoms with van der Waals surface area (Å²) in [6, 6.07) is -0.510. The number of rotatable bonds is 8. The van der Waals surface area contributed by atoms with Crippen molar-refractivity contribution >= 4 is 15.9 Å². The van der Waals surface area contributed by atoms with Crippen molar-refractivity contribution in [1.82, 2.24) is 15.2 Å². The highest BCUT2D eigenvalue weighted by Crippen LogP contribution is 2.24. The van der Waals surface area contributed by atoms with Crippen LogP contribution in [-0.4, -0.2) is 41.4 Å². The molecule has 10 heteroatoms. The van der Waals surface area contributed by atoms with E-state index in [1.165, 1.54) is 0 Å². The van der Waals surface area contributed by atoms with Gasteiger partial charge in [0.15, 0.2) is 0 Å². The number of hydrazine groups is 1. The van der Waals surface area contributed by atoms with Crippen molar-refractivity contribution in [2.24, 2.45) is 12.9 Å². The van der Waals surface area contributed by atoms with Crippen molar-refractivity contribution in [2.75, 3.05) is 13.2 Å². The van der Waals surface area contributed by atoms with Crippen molar-refractivity contribution in [2.45, 2.75) is 31.7 Å². The molecule has 0 spiro atoms. The number of nitrogens with zero attached hydrogens (tertiary/aromatic N) is 2. The summed E-state index contributed by atoms with van der Waals surface area (Å²) in [7, 11) is 1.73. The molecular weight excluding hydrogens is 360 g/mol. The van der Waals surface area contributed by atoms with Crippen LogP contribution in [0.1, 0.15) is 11.4 Å². The first-order valence-corrected chi connectivity index (χ1v) is 6.86. The van der Waals surface area contributed by atoms with Crippen molar-refractivity contribution in [3.05, 3.63) is 15.9 Å². The molecule has 0 aliphatic rings. The van der Waals surface area contributed by atoms with Gasteiger partial charge in [-0.15, -0.1) is 0 Å². The fourth-order valence-corrected chi connectivity index (χ4v) is 2.20. The summed E-state index contributed by atoms with van der Waals surface area (Å²) in [5.41, 5.74) is 3.97. The molecule has 21 heavy (non-hydrogen) atoms. The second-order valence-electron chi connectivity index (χ2n) is 4.61. The van der Waals surface area contributed by atoms with Gasteiger partial charge in [0, 0.05) is 19.5 Å². The lowest BCUT2D eigenvalue weighted by Crippen LogP contribution is -2.42. The van der Waals surface area contributed by atoms with Crippen LogP contribution in [-0.2, 0) is 18.2 Å². The van der Waals surface area contributed by atoms with Crippen LogP contribution in [0.3, 0.4) is 0 Å². The summed E-state index contributed by atoms with van der Waals surface area (Å²) in [6.07, 6.45) is -3.41. The standard InChI is InChI=1S/C11H17BrF4N4O/c1-6-9(12)8(20(2)19-6)3-7(18-17)4-21-5-11(15,16)10(13)14/h7,10,18H,3-5,17H2,1-2H3. The molecule has 5 nitrogen and oxygen atoms in total. The summed E-state index contributed by atoms with van der Waals surface area (Å²) < 4.78 is 56.5. The Labute approximate surface area is 127 Å². The predicted molar refractivity (Wildman–Crippen MR) is 72.2 cm³/mol. The molecule has 0 aromatic carbocycles. The molecule has 0 saturated carbocycles. The Morgan fingerprint density at radius 3 is 2.52 bits per heavy atom. The first kappa shape index (κ1) is 18.3. The molecule has 1 aromatic rings. The SMILES string of the molecule is Cc1nn(C)c(CC(COCC(F)(F)C(F)F)NN)c1Br. The number of alkyl halides is 4. The summed E-state index contributed by atoms with van der Waals surface area (Å²) in [6.45, 7) is 0.224. The van der Waals surface area contributed by atoms with Gasteiger partial charge in [0.2, 0.25) is 0 Å². The van der Waals surface area contributed by atoms with Crippen LogP contribution < -0.4 is 11.3 Å². The number of hydrogen-bond donors (Lipinski definition) is 2. The number of nitrogens with two attached hydrogens (primary N) is 1. The largest absolute Gasteiger partial charge is 0.373 e. The van der Waals surface area contributed by atoms with E-state index in [0.717, 1.165) is 15.9 Å². The van der Waals surface area contributed by atoms with Gasteiger partial charge in [-0.2, -0.15) is 13.9 Å². The summed E-state index contributed by atoms with van der Waals surface area (Å²) in [5, 5.41) is 4.18. The lowest BCUT2D eigenvalue weighted by molar-refractivity contribution is -0.167. The third-order valence-electron chi connectivity index (χ3n) is 2.87. The Morgan fingerprint density at radius 2 is 2.10 bits per heavy atom. The van der Waals surface area contributed by atoms with Crippen LogP contribution >= 0.6 is 15.9 Å². The zero-order chi connectivity index (χ0) is 16.2. The van der Waals surface area contributed by atoms with E-state index in [9.17, 15) is 17.6 Å². The van der Waals surface area contributed by atoms with Crippen LogP contribution in [0, 0.1) is 6.92 Å². The number of nitrogens with one attached hydrogen (secondary N) is 1. The fourth-order valence-electron chi connectivity index (χ4n) is 1.70. The number of aryl methyl sites for hydroxylation is 2. The predicted octanol–water partition coefficient (Wildman–Crippen LogP) is 1.78. The second kappa shape index (κ2) is 7.52. The minimum absolute atomic E-state index is 0.227. The van der Waals surface area contributed by atoms with Crippen molar-refractivity contribution in [3.8, 4) is 0 Å². The normalized spacial score (nSPS) is 14.0. The smallest absolute Gasteiger partial charge is 0.330 e. The third-order valence-corrected chi connectivity index (χ3v) is 3.90. The highest BCUT2D eigenvalue weighted by molar-refractivity contribution is 9.10. The van der Waals surface area contributed by atoms with Gasteiger partial charge in [0.25, 0.3) is 0 Å². The molecule has 122 valence electrons. The van der Waals surface area contributed by atoms with E-state index >= 15 is 0 Å². The molecule has 1 atom stereocenters. The van der Waals surface area contributed by atoms with Gasteiger partial charge in [-0.1, -0.05) is 0 Å². The van der Waals surface area contributed by atoms with E-state index < -0.39 is 25.0 Å². The molecule has 1 heterocycles. The first-order chi connectivity index (χ1) is 9.69. The fraction of sp³-hybridized carbons (Fsp3) is 0.727. The van der Waals surface area contributed by atoms with Gasteiger partial charge in [0.1, 0.15) is 6.61 Å². The van der Waals surface area contributed by atoms with Gasteiger partial charge in [0.05, 0.1) is 22.5 Å². The first-order valence-electron chi connectivity index (χ1n) is 6.06. The molecule has 0 saturated heterocycles. The monoisotopic (exact) mass is 376 g/mol. The number of hydrogen-bond acceptors (Lipinski definition) is 4. The maximum atomic E-state index is 12.7. The molecule has 1 unspecified atom stereocenters. The highest BCUT2D eigenvalue weighted by Gasteiger charge is 2.41. The molecular formula is C11H17BrF4N4O. The van der Waals surface area contributed by atoms with E-state index in [2.05, 4.69) is 31.2 Å². The van der Waals surface area contributed by atoms with Crippen molar-refractivity contribution < 1.29 is 22.3 Å². The van der Waals surface area contributed by atoms with Gasteiger partial charge in [-0.3, -0.25) is 16.0 Å². The Hall–Kier alpha value is -0.710. The Bertz CT molecular complexity index is 469. The second-order valence-corrected chi connectivity index (χ2v) is 5.41. The Balaban J connectivity index is 2.57. The maximum Gasteiger partial charge on any atom is 0.330 e. The van der Waals surface area contributed by atoms with Crippen LogP contribution in [0.5, 0.6) is 0 Å². The molecule has 1 aromatic heterocycles. The maximum absolute atomic E-state index is 12.7. The average Bonchev–Trinajstić information content (AvgIpc) is 2.63. The van der Waals surface area contributed by atoms with E-state index in [1.807, 2.05) is 0 Å². The van der Waals surface area contributed by atoms with E-state index in [1.54, 1.807) is 18.7 Å². The van der Waals surface area contributed by atoms with Crippen LogP contribution in [0.15, 0.2) is 4.47 Å². The van der Waals surface area contributed by atoms with Gasteiger partial charge in [-0.05, 0) is 22.9 Å². The third kappa shape index (κ3) is 4.90. The van der Waals surface area contributed by atoms with E-state index in [4.69, 9.17) is 5.84 Å². The number of aromatic nitrogens is 2. The zero-order valence-corrected chi connectivity index (χ0v) is 13.1. The van der Waals surface area contributed by atoms with Gasteiger partial charge >= 0.3 is 12.3 Å². The lowest BCUT2D eigenvalue weighted by Gasteiger charge is -2.19. The molecule has 0 aliphatic carbocycles. The average molecular weight is 377 g/mol. The van der Waals surface area contributed by atoms with Gasteiger partial charge < -0.3 is 4.74 Å². The molecule has 0 bridgehead atoms. The topological polar surface area (TPSA) is 65.1 Å². The summed E-state index contributed by atoms with van der Waals surface area (Å²) >= 11 is 3.37. The van der Waals surface area contributed by atoms with E-state index in [-0.39, 0.29) is 6.61 Å². The highest BCUT2D eigenvalue weighted by atomic mass is 79.9.